The van der Waals surface area contributed by atoms with Crippen LogP contribution >= 0.6 is 43.5 Å². The van der Waals surface area contributed by atoms with Crippen LogP contribution in [0.15, 0.2) is 81.3 Å². The number of benzene rings is 3. The summed E-state index contributed by atoms with van der Waals surface area (Å²) in [7, 11) is 1.44. The number of nitrogens with zero attached hydrogens (tertiary/aromatic N) is 2. The van der Waals surface area contributed by atoms with E-state index in [2.05, 4.69) is 31.9 Å². The molecular formula is C37H33Br2ClN2O6. The number of amides is 4. The number of ether oxygens (including phenoxy) is 1. The van der Waals surface area contributed by atoms with Crippen molar-refractivity contribution in [1.29, 1.82) is 0 Å². The Morgan fingerprint density at radius 3 is 2.27 bits per heavy atom. The van der Waals surface area contributed by atoms with Crippen molar-refractivity contribution in [2.24, 2.45) is 23.7 Å². The second-order valence-electron chi connectivity index (χ2n) is 13.9. The van der Waals surface area contributed by atoms with Crippen molar-refractivity contribution in [3.05, 3.63) is 97.4 Å². The number of aromatic hydroxyl groups is 1. The fourth-order valence-corrected chi connectivity index (χ4v) is 9.87. The molecule has 6 atom stereocenters. The van der Waals surface area contributed by atoms with Gasteiger partial charge in [0.1, 0.15) is 0 Å². The molecule has 1 saturated carbocycles. The minimum absolute atomic E-state index is 0.129. The fraction of sp³-hybridized carbons (Fsp3) is 0.351. The minimum atomic E-state index is -1.46. The number of fused-ring (bicyclic) bond motifs is 4. The molecule has 2 saturated heterocycles. The molecule has 7 rings (SSSR count). The zero-order chi connectivity index (χ0) is 34.4. The summed E-state index contributed by atoms with van der Waals surface area (Å²) in [6.07, 6.45) is 2.51. The molecule has 2 heterocycles. The lowest BCUT2D eigenvalue weighted by atomic mass is 9.49. The van der Waals surface area contributed by atoms with Crippen LogP contribution in [0, 0.1) is 23.7 Å². The van der Waals surface area contributed by atoms with Gasteiger partial charge in [-0.25, -0.2) is 4.90 Å². The highest BCUT2D eigenvalue weighted by molar-refractivity contribution is 9.13. The Kier molecular flexibility index (Phi) is 7.96. The number of imide groups is 2. The van der Waals surface area contributed by atoms with Crippen LogP contribution in [0.5, 0.6) is 11.5 Å². The number of likely N-dealkylation sites (tertiary alicyclic amines) is 1. The second-order valence-corrected chi connectivity index (χ2v) is 15.9. The van der Waals surface area contributed by atoms with Gasteiger partial charge in [0.05, 0.1) is 40.4 Å². The lowest BCUT2D eigenvalue weighted by Crippen LogP contribution is -2.53. The third-order valence-corrected chi connectivity index (χ3v) is 12.9. The maximum atomic E-state index is 15.4. The molecule has 11 heteroatoms. The van der Waals surface area contributed by atoms with Crippen LogP contribution in [-0.4, -0.2) is 46.3 Å². The normalized spacial score (nSPS) is 28.3. The number of phenols is 1. The van der Waals surface area contributed by atoms with Crippen molar-refractivity contribution in [2.45, 2.75) is 50.5 Å². The van der Waals surface area contributed by atoms with Gasteiger partial charge in [-0.2, -0.15) is 0 Å². The molecule has 2 aliphatic carbocycles. The van der Waals surface area contributed by atoms with Gasteiger partial charge in [-0.15, -0.1) is 0 Å². The van der Waals surface area contributed by atoms with Gasteiger partial charge in [0.25, 0.3) is 0 Å². The summed E-state index contributed by atoms with van der Waals surface area (Å²) < 4.78 is 6.40. The maximum Gasteiger partial charge on any atom is 0.246 e. The highest BCUT2D eigenvalue weighted by Gasteiger charge is 2.70. The Hall–Kier alpha value is -3.47. The summed E-state index contributed by atoms with van der Waals surface area (Å²) in [5.74, 6) is -4.73. The SMILES string of the molecule is COc1cc([C@H]2C3=CC[C@@H]4C(=O)N(C(C)(C)C)C(=O)[C@@H]4[C@@H]3C[C@H]3C(=O)N(c4cccc(Cl)c4)C(=O)[C@@]23c2ccccc2)c(Br)c(Br)c1O. The zero-order valence-electron chi connectivity index (χ0n) is 26.7. The van der Waals surface area contributed by atoms with E-state index < -0.39 is 52.4 Å². The number of rotatable bonds is 4. The van der Waals surface area contributed by atoms with Crippen LogP contribution < -0.4 is 9.64 Å². The second kappa shape index (κ2) is 11.6. The third kappa shape index (κ3) is 4.51. The van der Waals surface area contributed by atoms with E-state index in [9.17, 15) is 19.5 Å². The van der Waals surface area contributed by atoms with Crippen molar-refractivity contribution < 1.29 is 29.0 Å². The molecule has 0 radical (unpaired) electrons. The average Bonchev–Trinajstić information content (AvgIpc) is 3.45. The summed E-state index contributed by atoms with van der Waals surface area (Å²) >= 11 is 13.6. The van der Waals surface area contributed by atoms with Gasteiger partial charge in [0.2, 0.25) is 23.6 Å². The number of allylic oxidation sites excluding steroid dienone is 2. The van der Waals surface area contributed by atoms with Crippen molar-refractivity contribution in [3.8, 4) is 11.5 Å². The molecule has 0 bridgehead atoms. The highest BCUT2D eigenvalue weighted by atomic mass is 79.9. The number of carbonyl (C=O) groups excluding carboxylic acids is 4. The van der Waals surface area contributed by atoms with Crippen LogP contribution in [0.25, 0.3) is 0 Å². The van der Waals surface area contributed by atoms with Crippen LogP contribution in [-0.2, 0) is 24.6 Å². The number of halogens is 3. The van der Waals surface area contributed by atoms with E-state index in [0.717, 1.165) is 5.57 Å². The smallest absolute Gasteiger partial charge is 0.246 e. The molecular weight excluding hydrogens is 764 g/mol. The first-order valence-electron chi connectivity index (χ1n) is 15.8. The molecule has 1 N–H and O–H groups in total. The molecule has 3 fully saturated rings. The van der Waals surface area contributed by atoms with Gasteiger partial charge in [0.15, 0.2) is 11.5 Å². The van der Waals surface area contributed by atoms with Crippen LogP contribution in [0.3, 0.4) is 0 Å². The quantitative estimate of drug-likeness (QED) is 0.216. The topological polar surface area (TPSA) is 104 Å². The molecule has 3 aromatic carbocycles. The lowest BCUT2D eigenvalue weighted by Gasteiger charge is -2.51. The zero-order valence-corrected chi connectivity index (χ0v) is 30.6. The molecule has 4 aliphatic rings. The molecule has 48 heavy (non-hydrogen) atoms. The number of methoxy groups -OCH3 is 1. The Morgan fingerprint density at radius 2 is 1.62 bits per heavy atom. The van der Waals surface area contributed by atoms with Crippen LogP contribution in [0.4, 0.5) is 5.69 Å². The number of carbonyl (C=O) groups is 4. The van der Waals surface area contributed by atoms with Gasteiger partial charge < -0.3 is 9.84 Å². The summed E-state index contributed by atoms with van der Waals surface area (Å²) in [6.45, 7) is 5.54. The molecule has 2 aliphatic heterocycles. The summed E-state index contributed by atoms with van der Waals surface area (Å²) in [5.41, 5.74) is 0.208. The molecule has 248 valence electrons. The Balaban J connectivity index is 1.54. The predicted molar refractivity (Wildman–Crippen MR) is 188 cm³/mol. The van der Waals surface area contributed by atoms with Gasteiger partial charge in [0, 0.05) is 21.0 Å². The van der Waals surface area contributed by atoms with Gasteiger partial charge in [-0.05, 0) is 107 Å². The number of phenolic OH excluding ortho intramolecular Hbond substituents is 1. The molecule has 4 amide bonds. The molecule has 8 nitrogen and oxygen atoms in total. The Bertz CT molecular complexity index is 1940. The summed E-state index contributed by atoms with van der Waals surface area (Å²) in [6, 6.07) is 17.6. The summed E-state index contributed by atoms with van der Waals surface area (Å²) in [5, 5.41) is 11.3. The first-order valence-corrected chi connectivity index (χ1v) is 17.7. The molecule has 0 unspecified atom stereocenters. The van der Waals surface area contributed by atoms with E-state index in [1.54, 1.807) is 30.3 Å². The maximum absolute atomic E-state index is 15.4. The summed E-state index contributed by atoms with van der Waals surface area (Å²) in [4.78, 5) is 61.0. The predicted octanol–water partition coefficient (Wildman–Crippen LogP) is 7.54. The average molecular weight is 797 g/mol. The van der Waals surface area contributed by atoms with Crippen molar-refractivity contribution in [2.75, 3.05) is 12.0 Å². The van der Waals surface area contributed by atoms with E-state index in [-0.39, 0.29) is 29.7 Å². The van der Waals surface area contributed by atoms with Gasteiger partial charge in [-0.3, -0.25) is 24.1 Å². The van der Waals surface area contributed by atoms with Gasteiger partial charge >= 0.3 is 0 Å². The van der Waals surface area contributed by atoms with Crippen molar-refractivity contribution >= 4 is 72.8 Å². The Labute approximate surface area is 300 Å². The number of hydrogen-bond donors (Lipinski definition) is 1. The molecule has 3 aromatic rings. The van der Waals surface area contributed by atoms with E-state index in [0.29, 0.717) is 37.2 Å². The highest BCUT2D eigenvalue weighted by Crippen LogP contribution is 2.66. The largest absolute Gasteiger partial charge is 0.503 e. The van der Waals surface area contributed by atoms with E-state index in [1.165, 1.54) is 16.9 Å². The standard InChI is InChI=1S/C37H33Br2ClN2O6/c1-36(2,3)42-32(44)22-14-13-21-23(27(22)34(42)46)16-25-33(45)41(20-12-8-11-19(40)15-20)35(47)37(25,18-9-6-5-7-10-18)28(21)24-17-26(48-4)31(43)30(39)29(24)38/h5-13,15,17,22-23,25,27-28,43H,14,16H2,1-4H3/t22-,23+,25-,27-,28+,37+/m0/s1. The van der Waals surface area contributed by atoms with E-state index in [1.807, 2.05) is 57.2 Å². The van der Waals surface area contributed by atoms with Crippen molar-refractivity contribution in [1.82, 2.24) is 4.90 Å². The first-order chi connectivity index (χ1) is 22.7. The van der Waals surface area contributed by atoms with Crippen LogP contribution in [0.2, 0.25) is 5.02 Å². The Morgan fingerprint density at radius 1 is 0.917 bits per heavy atom. The monoisotopic (exact) mass is 794 g/mol. The third-order valence-electron chi connectivity index (χ3n) is 10.5. The lowest BCUT2D eigenvalue weighted by molar-refractivity contribution is -0.145. The van der Waals surface area contributed by atoms with E-state index >= 15 is 4.79 Å². The fourth-order valence-electron chi connectivity index (χ4n) is 8.73. The van der Waals surface area contributed by atoms with Gasteiger partial charge in [-0.1, -0.05) is 59.6 Å². The van der Waals surface area contributed by atoms with Crippen molar-refractivity contribution in [3.63, 3.8) is 0 Å². The number of anilines is 1. The number of hydrogen-bond acceptors (Lipinski definition) is 6. The molecule has 0 spiro atoms. The minimum Gasteiger partial charge on any atom is -0.503 e. The first kappa shape index (κ1) is 33.0. The van der Waals surface area contributed by atoms with Crippen LogP contribution in [0.1, 0.15) is 50.7 Å². The van der Waals surface area contributed by atoms with E-state index in [4.69, 9.17) is 16.3 Å². The molecule has 0 aromatic heterocycles.